The minimum Gasteiger partial charge on any atom is -0.489 e. The molecule has 1 heterocycles. The second kappa shape index (κ2) is 11.0. The lowest BCUT2D eigenvalue weighted by Gasteiger charge is -2.09. The normalized spacial score (nSPS) is 10.3. The highest BCUT2D eigenvalue weighted by atomic mass is 32.2. The lowest BCUT2D eigenvalue weighted by molar-refractivity contribution is -0.114. The molecule has 0 bridgehead atoms. The number of nitrogens with one attached hydrogen (secondary N) is 2. The van der Waals surface area contributed by atoms with Gasteiger partial charge in [-0.2, -0.15) is 0 Å². The van der Waals surface area contributed by atoms with Crippen molar-refractivity contribution in [2.75, 3.05) is 22.1 Å². The maximum atomic E-state index is 12.2. The van der Waals surface area contributed by atoms with Gasteiger partial charge in [0.15, 0.2) is 0 Å². The van der Waals surface area contributed by atoms with E-state index < -0.39 is 0 Å². The fourth-order valence-corrected chi connectivity index (χ4v) is 3.28. The van der Waals surface area contributed by atoms with E-state index in [2.05, 4.69) is 15.6 Å². The van der Waals surface area contributed by atoms with Crippen LogP contribution in [0.25, 0.3) is 0 Å². The third-order valence-electron chi connectivity index (χ3n) is 4.01. The Labute approximate surface area is 180 Å². The molecular weight excluding hydrogens is 398 g/mol. The first-order valence-electron chi connectivity index (χ1n) is 9.44. The zero-order valence-corrected chi connectivity index (χ0v) is 17.4. The number of thioether (sulfide) groups is 1. The standard InChI is InChI=1S/C23H23N3O3S/c1-17-5-2-7-19(11-17)25-22(27)15-30-16-23(28)26-20-8-3-9-21(12-20)29-14-18-6-4-10-24-13-18/h2-13H,14-16H2,1H3,(H,25,27)(H,26,28). The summed E-state index contributed by atoms with van der Waals surface area (Å²) in [5, 5.41) is 5.66. The fourth-order valence-electron chi connectivity index (χ4n) is 2.67. The van der Waals surface area contributed by atoms with Gasteiger partial charge in [0.1, 0.15) is 12.4 Å². The van der Waals surface area contributed by atoms with Gasteiger partial charge in [-0.25, -0.2) is 0 Å². The maximum Gasteiger partial charge on any atom is 0.234 e. The molecule has 0 aliphatic rings. The summed E-state index contributed by atoms with van der Waals surface area (Å²) >= 11 is 1.26. The summed E-state index contributed by atoms with van der Waals surface area (Å²) in [6, 6.07) is 18.6. The highest BCUT2D eigenvalue weighted by Gasteiger charge is 2.07. The van der Waals surface area contributed by atoms with Crippen LogP contribution in [0.1, 0.15) is 11.1 Å². The second-order valence-corrected chi connectivity index (χ2v) is 7.62. The molecule has 0 spiro atoms. The van der Waals surface area contributed by atoms with E-state index in [9.17, 15) is 9.59 Å². The Morgan fingerprint density at radius 3 is 2.30 bits per heavy atom. The van der Waals surface area contributed by atoms with E-state index in [1.165, 1.54) is 11.8 Å². The van der Waals surface area contributed by atoms with Crippen LogP contribution in [-0.4, -0.2) is 28.3 Å². The zero-order valence-electron chi connectivity index (χ0n) is 16.6. The molecule has 2 N–H and O–H groups in total. The summed E-state index contributed by atoms with van der Waals surface area (Å²) in [5.74, 6) is 0.733. The fraction of sp³-hybridized carbons (Fsp3) is 0.174. The number of carbonyl (C=O) groups is 2. The number of aryl methyl sites for hydroxylation is 1. The molecule has 154 valence electrons. The SMILES string of the molecule is Cc1cccc(NC(=O)CSCC(=O)Nc2cccc(OCc3cccnc3)c2)c1. The van der Waals surface area contributed by atoms with Gasteiger partial charge < -0.3 is 15.4 Å². The summed E-state index contributed by atoms with van der Waals surface area (Å²) in [7, 11) is 0. The first kappa shape index (κ1) is 21.4. The Morgan fingerprint density at radius 2 is 1.63 bits per heavy atom. The van der Waals surface area contributed by atoms with Gasteiger partial charge in [-0.05, 0) is 42.8 Å². The van der Waals surface area contributed by atoms with Crippen LogP contribution in [0.15, 0.2) is 73.1 Å². The van der Waals surface area contributed by atoms with Crippen molar-refractivity contribution < 1.29 is 14.3 Å². The monoisotopic (exact) mass is 421 g/mol. The van der Waals surface area contributed by atoms with Crippen molar-refractivity contribution in [1.82, 2.24) is 4.98 Å². The minimum absolute atomic E-state index is 0.135. The number of hydrogen-bond donors (Lipinski definition) is 2. The molecule has 0 fully saturated rings. The summed E-state index contributed by atoms with van der Waals surface area (Å²) in [6.45, 7) is 2.37. The Hall–Kier alpha value is -3.32. The van der Waals surface area contributed by atoms with Gasteiger partial charge in [0, 0.05) is 35.4 Å². The summed E-state index contributed by atoms with van der Waals surface area (Å²) < 4.78 is 5.74. The van der Waals surface area contributed by atoms with E-state index in [1.807, 2.05) is 55.5 Å². The Kier molecular flexibility index (Phi) is 7.86. The van der Waals surface area contributed by atoms with Gasteiger partial charge >= 0.3 is 0 Å². The van der Waals surface area contributed by atoms with Gasteiger partial charge in [0.25, 0.3) is 0 Å². The molecule has 0 unspecified atom stereocenters. The number of rotatable bonds is 9. The lowest BCUT2D eigenvalue weighted by Crippen LogP contribution is -2.18. The largest absolute Gasteiger partial charge is 0.489 e. The summed E-state index contributed by atoms with van der Waals surface area (Å²) in [6.07, 6.45) is 3.46. The van der Waals surface area contributed by atoms with Crippen LogP contribution < -0.4 is 15.4 Å². The smallest absolute Gasteiger partial charge is 0.234 e. The number of nitrogens with zero attached hydrogens (tertiary/aromatic N) is 1. The number of pyridine rings is 1. The van der Waals surface area contributed by atoms with Crippen molar-refractivity contribution in [3.05, 3.63) is 84.2 Å². The van der Waals surface area contributed by atoms with Crippen LogP contribution in [0.2, 0.25) is 0 Å². The maximum absolute atomic E-state index is 12.2. The quantitative estimate of drug-likeness (QED) is 0.539. The third-order valence-corrected chi connectivity index (χ3v) is 4.95. The molecule has 2 aromatic carbocycles. The van der Waals surface area contributed by atoms with Gasteiger partial charge in [0.2, 0.25) is 11.8 Å². The van der Waals surface area contributed by atoms with Crippen LogP contribution in [-0.2, 0) is 16.2 Å². The van der Waals surface area contributed by atoms with E-state index >= 15 is 0 Å². The van der Waals surface area contributed by atoms with Crippen LogP contribution in [0.3, 0.4) is 0 Å². The highest BCUT2D eigenvalue weighted by Crippen LogP contribution is 2.19. The van der Waals surface area contributed by atoms with Crippen LogP contribution >= 0.6 is 11.8 Å². The highest BCUT2D eigenvalue weighted by molar-refractivity contribution is 8.00. The Balaban J connectivity index is 1.40. The molecule has 2 amide bonds. The van der Waals surface area contributed by atoms with Crippen molar-refractivity contribution in [3.63, 3.8) is 0 Å². The first-order chi connectivity index (χ1) is 14.6. The van der Waals surface area contributed by atoms with Gasteiger partial charge in [0.05, 0.1) is 11.5 Å². The van der Waals surface area contributed by atoms with Crippen LogP contribution in [0.5, 0.6) is 5.75 Å². The second-order valence-electron chi connectivity index (χ2n) is 6.64. The number of ether oxygens (including phenoxy) is 1. The Bertz CT molecular complexity index is 996. The zero-order chi connectivity index (χ0) is 21.2. The van der Waals surface area contributed by atoms with Crippen LogP contribution in [0, 0.1) is 6.92 Å². The molecule has 0 radical (unpaired) electrons. The van der Waals surface area contributed by atoms with Gasteiger partial charge in [-0.3, -0.25) is 14.6 Å². The lowest BCUT2D eigenvalue weighted by atomic mass is 10.2. The molecule has 6 nitrogen and oxygen atoms in total. The number of amides is 2. The molecule has 3 rings (SSSR count). The number of hydrogen-bond acceptors (Lipinski definition) is 5. The molecule has 0 saturated heterocycles. The number of aromatic nitrogens is 1. The van der Waals surface area contributed by atoms with Crippen molar-refractivity contribution in [3.8, 4) is 5.75 Å². The van der Waals surface area contributed by atoms with Crippen molar-refractivity contribution in [2.24, 2.45) is 0 Å². The molecule has 7 heteroatoms. The summed E-state index contributed by atoms with van der Waals surface area (Å²) in [5.41, 5.74) is 3.44. The van der Waals surface area contributed by atoms with E-state index in [0.29, 0.717) is 18.0 Å². The molecule has 0 atom stereocenters. The molecule has 0 aliphatic heterocycles. The predicted molar refractivity (Wildman–Crippen MR) is 121 cm³/mol. The Morgan fingerprint density at radius 1 is 0.933 bits per heavy atom. The molecule has 1 aromatic heterocycles. The summed E-state index contributed by atoms with van der Waals surface area (Å²) in [4.78, 5) is 28.2. The first-order valence-corrected chi connectivity index (χ1v) is 10.6. The molecule has 0 saturated carbocycles. The average molecular weight is 422 g/mol. The van der Waals surface area contributed by atoms with Crippen LogP contribution in [0.4, 0.5) is 11.4 Å². The van der Waals surface area contributed by atoms with Crippen molar-refractivity contribution in [2.45, 2.75) is 13.5 Å². The number of benzene rings is 2. The van der Waals surface area contributed by atoms with E-state index in [-0.39, 0.29) is 23.3 Å². The van der Waals surface area contributed by atoms with Gasteiger partial charge in [-0.1, -0.05) is 24.3 Å². The van der Waals surface area contributed by atoms with E-state index in [1.54, 1.807) is 24.5 Å². The third kappa shape index (κ3) is 7.25. The number of carbonyl (C=O) groups excluding carboxylic acids is 2. The van der Waals surface area contributed by atoms with E-state index in [0.717, 1.165) is 16.8 Å². The topological polar surface area (TPSA) is 80.3 Å². The van der Waals surface area contributed by atoms with Crippen molar-refractivity contribution >= 4 is 35.0 Å². The van der Waals surface area contributed by atoms with E-state index in [4.69, 9.17) is 4.74 Å². The molecule has 3 aromatic rings. The predicted octanol–water partition coefficient (Wildman–Crippen LogP) is 4.28. The van der Waals surface area contributed by atoms with Crippen molar-refractivity contribution in [1.29, 1.82) is 0 Å². The molecule has 0 aliphatic carbocycles. The molecular formula is C23H23N3O3S. The van der Waals surface area contributed by atoms with Gasteiger partial charge in [-0.15, -0.1) is 11.8 Å². The number of anilines is 2. The average Bonchev–Trinajstić information content (AvgIpc) is 2.73. The minimum atomic E-state index is -0.173. The molecule has 30 heavy (non-hydrogen) atoms.